The lowest BCUT2D eigenvalue weighted by Crippen LogP contribution is -2.40. The summed E-state index contributed by atoms with van der Waals surface area (Å²) in [5, 5.41) is 3.45. The number of benzene rings is 1. The van der Waals surface area contributed by atoms with Crippen molar-refractivity contribution in [2.45, 2.75) is 0 Å². The van der Waals surface area contributed by atoms with Crippen molar-refractivity contribution in [2.24, 2.45) is 0 Å². The first kappa shape index (κ1) is 17.7. The molecule has 3 rings (SSSR count). The number of hydrogen-bond acceptors (Lipinski definition) is 4. The molecular formula is C17H15Cl2N3O3. The van der Waals surface area contributed by atoms with Gasteiger partial charge in [0.15, 0.2) is 0 Å². The van der Waals surface area contributed by atoms with Gasteiger partial charge in [0.05, 0.1) is 23.9 Å². The van der Waals surface area contributed by atoms with Crippen LogP contribution in [0.4, 0.5) is 5.69 Å². The minimum atomic E-state index is -0.458. The fourth-order valence-electron chi connectivity index (χ4n) is 2.41. The van der Waals surface area contributed by atoms with Crippen LogP contribution in [-0.4, -0.2) is 48.0 Å². The van der Waals surface area contributed by atoms with Gasteiger partial charge in [-0.2, -0.15) is 0 Å². The van der Waals surface area contributed by atoms with Gasteiger partial charge in [-0.1, -0.05) is 23.2 Å². The number of hydrogen-bond donors (Lipinski definition) is 1. The highest BCUT2D eigenvalue weighted by molar-refractivity contribution is 6.36. The first-order chi connectivity index (χ1) is 12.0. The summed E-state index contributed by atoms with van der Waals surface area (Å²) < 4.78 is 5.24. The number of ether oxygens (including phenoxy) is 1. The van der Waals surface area contributed by atoms with Crippen LogP contribution in [0.25, 0.3) is 0 Å². The fraction of sp³-hybridized carbons (Fsp3) is 0.235. The van der Waals surface area contributed by atoms with Crippen LogP contribution in [0.3, 0.4) is 0 Å². The molecule has 0 spiro atoms. The summed E-state index contributed by atoms with van der Waals surface area (Å²) in [5.41, 5.74) is 0.956. The maximum absolute atomic E-state index is 12.5. The molecule has 6 nitrogen and oxygen atoms in total. The second-order valence-corrected chi connectivity index (χ2v) is 6.26. The van der Waals surface area contributed by atoms with Crippen molar-refractivity contribution < 1.29 is 14.3 Å². The molecule has 0 saturated carbocycles. The van der Waals surface area contributed by atoms with Crippen molar-refractivity contribution in [3.8, 4) is 0 Å². The van der Waals surface area contributed by atoms with Crippen LogP contribution >= 0.6 is 23.2 Å². The van der Waals surface area contributed by atoms with Gasteiger partial charge in [-0.05, 0) is 30.3 Å². The molecule has 1 N–H and O–H groups in total. The Bertz CT molecular complexity index is 807. The molecule has 1 aromatic heterocycles. The van der Waals surface area contributed by atoms with E-state index in [0.717, 1.165) is 0 Å². The smallest absolute Gasteiger partial charge is 0.274 e. The Morgan fingerprint density at radius 1 is 1.12 bits per heavy atom. The summed E-state index contributed by atoms with van der Waals surface area (Å²) in [7, 11) is 0. The van der Waals surface area contributed by atoms with Crippen molar-refractivity contribution >= 4 is 40.7 Å². The predicted octanol–water partition coefficient (Wildman–Crippen LogP) is 3.11. The number of amides is 2. The molecule has 130 valence electrons. The van der Waals surface area contributed by atoms with Gasteiger partial charge in [0.25, 0.3) is 11.8 Å². The molecule has 0 bridgehead atoms. The molecule has 1 fully saturated rings. The van der Waals surface area contributed by atoms with Gasteiger partial charge in [-0.3, -0.25) is 14.6 Å². The lowest BCUT2D eigenvalue weighted by atomic mass is 10.2. The largest absolute Gasteiger partial charge is 0.378 e. The fourth-order valence-corrected chi connectivity index (χ4v) is 2.87. The molecule has 1 aromatic carbocycles. The Morgan fingerprint density at radius 3 is 2.60 bits per heavy atom. The third kappa shape index (κ3) is 4.28. The number of morpholine rings is 1. The molecule has 2 amide bonds. The zero-order valence-electron chi connectivity index (χ0n) is 13.2. The Balaban J connectivity index is 1.76. The number of anilines is 1. The molecule has 0 aliphatic carbocycles. The first-order valence-electron chi connectivity index (χ1n) is 7.64. The van der Waals surface area contributed by atoms with Gasteiger partial charge < -0.3 is 15.0 Å². The maximum Gasteiger partial charge on any atom is 0.274 e. The van der Waals surface area contributed by atoms with E-state index in [9.17, 15) is 9.59 Å². The van der Waals surface area contributed by atoms with E-state index in [0.29, 0.717) is 47.6 Å². The van der Waals surface area contributed by atoms with Crippen LogP contribution in [0.5, 0.6) is 0 Å². The second-order valence-electron chi connectivity index (χ2n) is 5.41. The third-order valence-electron chi connectivity index (χ3n) is 3.72. The van der Waals surface area contributed by atoms with Crippen molar-refractivity contribution in [3.05, 3.63) is 57.8 Å². The van der Waals surface area contributed by atoms with E-state index in [-0.39, 0.29) is 11.6 Å². The van der Waals surface area contributed by atoms with E-state index in [4.69, 9.17) is 27.9 Å². The quantitative estimate of drug-likeness (QED) is 0.888. The van der Waals surface area contributed by atoms with Crippen molar-refractivity contribution in [1.82, 2.24) is 9.88 Å². The van der Waals surface area contributed by atoms with Crippen molar-refractivity contribution in [1.29, 1.82) is 0 Å². The van der Waals surface area contributed by atoms with Crippen LogP contribution in [0.2, 0.25) is 10.0 Å². The summed E-state index contributed by atoms with van der Waals surface area (Å²) in [5.74, 6) is -0.606. The number of aromatic nitrogens is 1. The summed E-state index contributed by atoms with van der Waals surface area (Å²) in [6.45, 7) is 2.09. The molecule has 1 saturated heterocycles. The first-order valence-corrected chi connectivity index (χ1v) is 8.39. The van der Waals surface area contributed by atoms with E-state index in [1.807, 2.05) is 0 Å². The molecule has 2 aromatic rings. The Labute approximate surface area is 154 Å². The summed E-state index contributed by atoms with van der Waals surface area (Å²) in [4.78, 5) is 30.6. The van der Waals surface area contributed by atoms with Crippen LogP contribution in [0.1, 0.15) is 20.8 Å². The SMILES string of the molecule is O=C(Nc1ccc(Cl)cc1Cl)c1cc(C(=O)N2CCOCC2)ccn1. The topological polar surface area (TPSA) is 71.5 Å². The molecule has 1 aliphatic heterocycles. The Hall–Kier alpha value is -2.15. The van der Waals surface area contributed by atoms with E-state index < -0.39 is 5.91 Å². The van der Waals surface area contributed by atoms with Crippen LogP contribution in [0.15, 0.2) is 36.5 Å². The highest BCUT2D eigenvalue weighted by atomic mass is 35.5. The summed E-state index contributed by atoms with van der Waals surface area (Å²) >= 11 is 11.9. The summed E-state index contributed by atoms with van der Waals surface area (Å²) in [6, 6.07) is 7.81. The third-order valence-corrected chi connectivity index (χ3v) is 4.26. The molecule has 0 atom stereocenters. The molecule has 8 heteroatoms. The van der Waals surface area contributed by atoms with Gasteiger partial charge >= 0.3 is 0 Å². The number of pyridine rings is 1. The highest BCUT2D eigenvalue weighted by Crippen LogP contribution is 2.25. The number of nitrogens with one attached hydrogen (secondary N) is 1. The number of carbonyl (C=O) groups excluding carboxylic acids is 2. The van der Waals surface area contributed by atoms with Crippen LogP contribution < -0.4 is 5.32 Å². The van der Waals surface area contributed by atoms with Crippen molar-refractivity contribution in [3.63, 3.8) is 0 Å². The molecule has 0 radical (unpaired) electrons. The minimum absolute atomic E-state index is 0.130. The molecule has 1 aliphatic rings. The van der Waals surface area contributed by atoms with Gasteiger partial charge in [0.1, 0.15) is 5.69 Å². The normalized spacial score (nSPS) is 14.2. The Morgan fingerprint density at radius 2 is 1.88 bits per heavy atom. The zero-order valence-corrected chi connectivity index (χ0v) is 14.7. The van der Waals surface area contributed by atoms with Gasteiger partial charge in [-0.25, -0.2) is 0 Å². The lowest BCUT2D eigenvalue weighted by Gasteiger charge is -2.26. The lowest BCUT2D eigenvalue weighted by molar-refractivity contribution is 0.0303. The molecular weight excluding hydrogens is 365 g/mol. The molecule has 0 unspecified atom stereocenters. The number of nitrogens with zero attached hydrogens (tertiary/aromatic N) is 2. The van der Waals surface area contributed by atoms with Crippen LogP contribution in [-0.2, 0) is 4.74 Å². The zero-order chi connectivity index (χ0) is 17.8. The number of carbonyl (C=O) groups is 2. The van der Waals surface area contributed by atoms with E-state index in [2.05, 4.69) is 10.3 Å². The summed E-state index contributed by atoms with van der Waals surface area (Å²) in [6.07, 6.45) is 1.44. The van der Waals surface area contributed by atoms with Gasteiger partial charge in [0.2, 0.25) is 0 Å². The van der Waals surface area contributed by atoms with Crippen molar-refractivity contribution in [2.75, 3.05) is 31.6 Å². The molecule has 25 heavy (non-hydrogen) atoms. The van der Waals surface area contributed by atoms with E-state index >= 15 is 0 Å². The average Bonchev–Trinajstić information content (AvgIpc) is 2.64. The average molecular weight is 380 g/mol. The second kappa shape index (κ2) is 7.82. The monoisotopic (exact) mass is 379 g/mol. The van der Waals surface area contributed by atoms with E-state index in [1.54, 1.807) is 23.1 Å². The number of halogens is 2. The minimum Gasteiger partial charge on any atom is -0.378 e. The Kier molecular flexibility index (Phi) is 5.53. The maximum atomic E-state index is 12.5. The highest BCUT2D eigenvalue weighted by Gasteiger charge is 2.20. The van der Waals surface area contributed by atoms with E-state index in [1.165, 1.54) is 18.3 Å². The standard InChI is InChI=1S/C17H15Cl2N3O3/c18-12-1-2-14(13(19)10-12)21-16(23)15-9-11(3-4-20-15)17(24)22-5-7-25-8-6-22/h1-4,9-10H,5-8H2,(H,21,23). The number of rotatable bonds is 3. The predicted molar refractivity (Wildman–Crippen MR) is 95.4 cm³/mol. The van der Waals surface area contributed by atoms with Crippen LogP contribution in [0, 0.1) is 0 Å². The van der Waals surface area contributed by atoms with Gasteiger partial charge in [0, 0.05) is 29.9 Å². The molecule has 2 heterocycles. The van der Waals surface area contributed by atoms with Gasteiger partial charge in [-0.15, -0.1) is 0 Å².